The van der Waals surface area contributed by atoms with E-state index >= 15 is 0 Å². The van der Waals surface area contributed by atoms with Gasteiger partial charge in [-0.25, -0.2) is 4.79 Å². The maximum absolute atomic E-state index is 10.5. The van der Waals surface area contributed by atoms with Gasteiger partial charge in [-0.1, -0.05) is 52.0 Å². The van der Waals surface area contributed by atoms with Crippen molar-refractivity contribution in [2.75, 3.05) is 7.11 Å². The van der Waals surface area contributed by atoms with Gasteiger partial charge in [0.2, 0.25) is 0 Å². The second kappa shape index (κ2) is 6.78. The molecule has 0 saturated carbocycles. The highest BCUT2D eigenvalue weighted by Crippen LogP contribution is 2.49. The molecule has 0 fully saturated rings. The minimum Gasteiger partial charge on any atom is -0.496 e. The highest BCUT2D eigenvalue weighted by atomic mass is 16.5. The lowest BCUT2D eigenvalue weighted by Gasteiger charge is -2.42. The van der Waals surface area contributed by atoms with Crippen molar-refractivity contribution < 1.29 is 9.53 Å². The predicted octanol–water partition coefficient (Wildman–Crippen LogP) is 5.64. The van der Waals surface area contributed by atoms with Crippen molar-refractivity contribution in [1.29, 1.82) is 0 Å². The van der Waals surface area contributed by atoms with Crippen molar-refractivity contribution in [2.45, 2.75) is 57.8 Å². The van der Waals surface area contributed by atoms with Crippen LogP contribution < -0.4 is 4.74 Å². The third kappa shape index (κ3) is 3.34. The minimum absolute atomic E-state index is 0.156. The Morgan fingerprint density at radius 2 is 1.69 bits per heavy atom. The van der Waals surface area contributed by atoms with Gasteiger partial charge >= 0.3 is 0 Å². The van der Waals surface area contributed by atoms with E-state index in [9.17, 15) is 4.79 Å². The second-order valence-electron chi connectivity index (χ2n) is 8.59. The Balaban J connectivity index is 2.19. The molecular formula is C24H28O2. The molecule has 0 radical (unpaired) electrons. The summed E-state index contributed by atoms with van der Waals surface area (Å²) >= 11 is 0. The number of ether oxygens (including phenoxy) is 1. The Hall–Kier alpha value is -2.31. The Morgan fingerprint density at radius 3 is 2.31 bits per heavy atom. The Morgan fingerprint density at radius 1 is 1.04 bits per heavy atom. The summed E-state index contributed by atoms with van der Waals surface area (Å²) in [5, 5.41) is 0. The third-order valence-corrected chi connectivity index (χ3v) is 5.83. The first-order chi connectivity index (χ1) is 12.3. The van der Waals surface area contributed by atoms with Crippen molar-refractivity contribution in [3.8, 4) is 16.9 Å². The molecule has 0 spiro atoms. The van der Waals surface area contributed by atoms with Crippen LogP contribution in [0.1, 0.15) is 57.2 Å². The standard InChI is InChI=1S/C24H28O2/c1-23(2)11-12-24(3,4)21-16-22(26-5)19(15-20(21)23)18-10-6-8-17(14-18)9-7-13-25/h6-8,10,14-16H,9,11-12H2,1-5H3. The average molecular weight is 348 g/mol. The molecule has 2 heteroatoms. The van der Waals surface area contributed by atoms with Crippen molar-refractivity contribution in [1.82, 2.24) is 0 Å². The van der Waals surface area contributed by atoms with Gasteiger partial charge in [0, 0.05) is 18.1 Å². The fourth-order valence-corrected chi connectivity index (χ4v) is 4.01. The van der Waals surface area contributed by atoms with Crippen LogP contribution in [0, 0.1) is 0 Å². The molecule has 2 nitrogen and oxygen atoms in total. The van der Waals surface area contributed by atoms with Crippen LogP contribution >= 0.6 is 0 Å². The van der Waals surface area contributed by atoms with Crippen molar-refractivity contribution in [3.05, 3.63) is 59.2 Å². The van der Waals surface area contributed by atoms with Gasteiger partial charge in [-0.05, 0) is 58.1 Å². The smallest absolute Gasteiger partial charge is 0.126 e. The molecule has 0 atom stereocenters. The maximum Gasteiger partial charge on any atom is 0.126 e. The van der Waals surface area contributed by atoms with Crippen LogP contribution in [0.2, 0.25) is 0 Å². The Bertz CT molecular complexity index is 868. The zero-order chi connectivity index (χ0) is 18.9. The van der Waals surface area contributed by atoms with Gasteiger partial charge in [-0.15, -0.1) is 0 Å². The van der Waals surface area contributed by atoms with Gasteiger partial charge in [0.15, 0.2) is 0 Å². The van der Waals surface area contributed by atoms with E-state index in [1.807, 2.05) is 18.1 Å². The molecule has 136 valence electrons. The maximum atomic E-state index is 10.5. The molecule has 0 bridgehead atoms. The molecule has 3 rings (SSSR count). The molecule has 2 aromatic carbocycles. The van der Waals surface area contributed by atoms with E-state index in [1.165, 1.54) is 30.0 Å². The summed E-state index contributed by atoms with van der Waals surface area (Å²) in [5.41, 5.74) is 6.48. The van der Waals surface area contributed by atoms with Gasteiger partial charge < -0.3 is 4.74 Å². The molecular weight excluding hydrogens is 320 g/mol. The number of fused-ring (bicyclic) bond motifs is 1. The van der Waals surface area contributed by atoms with Crippen LogP contribution in [0.4, 0.5) is 0 Å². The van der Waals surface area contributed by atoms with Crippen molar-refractivity contribution in [2.24, 2.45) is 0 Å². The van der Waals surface area contributed by atoms with Gasteiger partial charge in [0.25, 0.3) is 0 Å². The van der Waals surface area contributed by atoms with Crippen LogP contribution in [-0.4, -0.2) is 13.1 Å². The van der Waals surface area contributed by atoms with E-state index in [4.69, 9.17) is 4.74 Å². The van der Waals surface area contributed by atoms with E-state index in [0.29, 0.717) is 6.42 Å². The monoisotopic (exact) mass is 348 g/mol. The lowest BCUT2D eigenvalue weighted by molar-refractivity contribution is 0.329. The molecule has 0 heterocycles. The van der Waals surface area contributed by atoms with Gasteiger partial charge in [-0.2, -0.15) is 0 Å². The van der Waals surface area contributed by atoms with Crippen molar-refractivity contribution in [3.63, 3.8) is 0 Å². The average Bonchev–Trinajstić information content (AvgIpc) is 2.63. The van der Waals surface area contributed by atoms with Crippen LogP contribution in [0.15, 0.2) is 42.5 Å². The Kier molecular flexibility index (Phi) is 4.82. The number of benzene rings is 2. The summed E-state index contributed by atoms with van der Waals surface area (Å²) in [6.07, 6.45) is 4.49. The number of allylic oxidation sites excluding steroid dienone is 1. The first kappa shape index (κ1) is 18.5. The Labute approximate surface area is 156 Å². The SMILES string of the molecule is COc1cc2c(cc1-c1cccc(CC=C=O)c1)C(C)(C)CCC2(C)C. The first-order valence-electron chi connectivity index (χ1n) is 9.30. The largest absolute Gasteiger partial charge is 0.496 e. The molecule has 1 aliphatic carbocycles. The lowest BCUT2D eigenvalue weighted by atomic mass is 9.62. The highest BCUT2D eigenvalue weighted by Gasteiger charge is 2.38. The number of hydrogen-bond donors (Lipinski definition) is 0. The van der Waals surface area contributed by atoms with Gasteiger partial charge in [0.1, 0.15) is 11.7 Å². The second-order valence-corrected chi connectivity index (χ2v) is 8.59. The molecule has 1 aliphatic rings. The fraction of sp³-hybridized carbons (Fsp3) is 0.417. The quantitative estimate of drug-likeness (QED) is 0.668. The van der Waals surface area contributed by atoms with Crippen molar-refractivity contribution >= 4 is 5.94 Å². The first-order valence-corrected chi connectivity index (χ1v) is 9.30. The fourth-order valence-electron chi connectivity index (χ4n) is 4.01. The normalized spacial score (nSPS) is 17.1. The number of carbonyl (C=O) groups excluding carboxylic acids is 1. The molecule has 0 N–H and O–H groups in total. The number of hydrogen-bond acceptors (Lipinski definition) is 2. The van der Waals surface area contributed by atoms with E-state index in [2.05, 4.69) is 52.0 Å². The predicted molar refractivity (Wildman–Crippen MR) is 108 cm³/mol. The number of methoxy groups -OCH3 is 1. The van der Waals surface area contributed by atoms with E-state index < -0.39 is 0 Å². The van der Waals surface area contributed by atoms with Crippen LogP contribution in [0.3, 0.4) is 0 Å². The van der Waals surface area contributed by atoms with E-state index in [1.54, 1.807) is 7.11 Å². The van der Waals surface area contributed by atoms with Crippen LogP contribution in [0.25, 0.3) is 11.1 Å². The zero-order valence-corrected chi connectivity index (χ0v) is 16.5. The van der Waals surface area contributed by atoms with Crippen LogP contribution in [-0.2, 0) is 22.0 Å². The van der Waals surface area contributed by atoms with Gasteiger partial charge in [-0.3, -0.25) is 0 Å². The molecule has 0 amide bonds. The number of rotatable bonds is 4. The summed E-state index contributed by atoms with van der Waals surface area (Å²) in [7, 11) is 1.74. The van der Waals surface area contributed by atoms with Gasteiger partial charge in [0.05, 0.1) is 7.11 Å². The highest BCUT2D eigenvalue weighted by molar-refractivity contribution is 5.74. The third-order valence-electron chi connectivity index (χ3n) is 5.83. The molecule has 0 aromatic heterocycles. The minimum atomic E-state index is 0.156. The molecule has 0 saturated heterocycles. The summed E-state index contributed by atoms with van der Waals surface area (Å²) in [6.45, 7) is 9.32. The van der Waals surface area contributed by atoms with Crippen LogP contribution in [0.5, 0.6) is 5.75 Å². The molecule has 0 aliphatic heterocycles. The summed E-state index contributed by atoms with van der Waals surface area (Å²) in [6, 6.07) is 12.9. The van der Waals surface area contributed by atoms with E-state index in [-0.39, 0.29) is 10.8 Å². The topological polar surface area (TPSA) is 26.3 Å². The van der Waals surface area contributed by atoms with E-state index in [0.717, 1.165) is 22.4 Å². The summed E-state index contributed by atoms with van der Waals surface area (Å²) < 4.78 is 5.78. The molecule has 26 heavy (non-hydrogen) atoms. The zero-order valence-electron chi connectivity index (χ0n) is 16.5. The molecule has 0 unspecified atom stereocenters. The molecule has 2 aromatic rings. The summed E-state index contributed by atoms with van der Waals surface area (Å²) in [5.74, 6) is 2.77. The summed E-state index contributed by atoms with van der Waals surface area (Å²) in [4.78, 5) is 10.5. The lowest BCUT2D eigenvalue weighted by Crippen LogP contribution is -2.33.